The quantitative estimate of drug-likeness (QED) is 0.195. The highest BCUT2D eigenvalue weighted by Crippen LogP contribution is 2.30. The molecule has 0 saturated carbocycles. The monoisotopic (exact) mass is 543 g/mol. The van der Waals surface area contributed by atoms with Gasteiger partial charge in [-0.1, -0.05) is 30.4 Å². The van der Waals surface area contributed by atoms with Crippen LogP contribution in [0.3, 0.4) is 0 Å². The third-order valence-corrected chi connectivity index (χ3v) is 6.65. The van der Waals surface area contributed by atoms with Gasteiger partial charge in [0.05, 0.1) is 45.0 Å². The number of aryl methyl sites for hydroxylation is 1. The molecule has 0 spiro atoms. The van der Waals surface area contributed by atoms with Crippen molar-refractivity contribution in [1.82, 2.24) is 14.9 Å². The van der Waals surface area contributed by atoms with Gasteiger partial charge in [0.2, 0.25) is 0 Å². The molecule has 1 atom stereocenters. The zero-order chi connectivity index (χ0) is 28.5. The molecule has 1 amide bonds. The molecule has 210 valence electrons. The molecule has 8 heteroatoms. The van der Waals surface area contributed by atoms with Crippen LogP contribution in [-0.4, -0.2) is 43.4 Å². The van der Waals surface area contributed by atoms with Crippen LogP contribution in [0.25, 0.3) is 17.1 Å². The van der Waals surface area contributed by atoms with Crippen molar-refractivity contribution in [3.05, 3.63) is 83.7 Å². The standard InChI is InChI=1S/C32H37N3O5/c1-6-11-23-14-16-28(29(20-23)38-4)40-19-10-9-18-35-26-13-8-7-12-25(26)34-31(35)22(2)33-32(36)24-15-17-27(37-3)30(21-24)39-5/h6-8,11-17,20-22H,9-10,18-19H2,1-5H3,(H,33,36)/b11-6+. The summed E-state index contributed by atoms with van der Waals surface area (Å²) in [6, 6.07) is 18.7. The number of unbranched alkanes of at least 4 members (excludes halogenated alkanes) is 1. The lowest BCUT2D eigenvalue weighted by Gasteiger charge is -2.17. The highest BCUT2D eigenvalue weighted by atomic mass is 16.5. The van der Waals surface area contributed by atoms with Crippen LogP contribution in [-0.2, 0) is 6.54 Å². The third-order valence-electron chi connectivity index (χ3n) is 6.65. The van der Waals surface area contributed by atoms with E-state index in [1.165, 1.54) is 0 Å². The van der Waals surface area contributed by atoms with Crippen molar-refractivity contribution >= 4 is 23.0 Å². The number of para-hydroxylation sites is 2. The number of fused-ring (bicyclic) bond motifs is 1. The summed E-state index contributed by atoms with van der Waals surface area (Å²) in [5.74, 6) is 3.12. The van der Waals surface area contributed by atoms with Crippen LogP contribution in [0, 0.1) is 0 Å². The number of benzene rings is 3. The summed E-state index contributed by atoms with van der Waals surface area (Å²) in [5, 5.41) is 3.09. The summed E-state index contributed by atoms with van der Waals surface area (Å²) in [6.45, 7) is 5.24. The van der Waals surface area contributed by atoms with E-state index in [0.717, 1.165) is 53.3 Å². The van der Waals surface area contributed by atoms with Gasteiger partial charge in [-0.15, -0.1) is 0 Å². The molecule has 0 saturated heterocycles. The van der Waals surface area contributed by atoms with Gasteiger partial charge in [-0.3, -0.25) is 4.79 Å². The second kappa shape index (κ2) is 13.6. The minimum Gasteiger partial charge on any atom is -0.493 e. The van der Waals surface area contributed by atoms with Crippen LogP contribution in [0.4, 0.5) is 0 Å². The molecule has 0 fully saturated rings. The van der Waals surface area contributed by atoms with E-state index in [0.29, 0.717) is 23.7 Å². The SMILES string of the molecule is C/C=C/c1ccc(OCCCCn2c(C(C)NC(=O)c3ccc(OC)c(OC)c3)nc3ccccc32)c(OC)c1. The fraction of sp³-hybridized carbons (Fsp3) is 0.312. The van der Waals surface area contributed by atoms with Crippen LogP contribution in [0.15, 0.2) is 66.7 Å². The molecule has 1 aromatic heterocycles. The maximum atomic E-state index is 13.1. The Morgan fingerprint density at radius 3 is 2.40 bits per heavy atom. The highest BCUT2D eigenvalue weighted by Gasteiger charge is 2.20. The number of amides is 1. The predicted octanol–water partition coefficient (Wildman–Crippen LogP) is 6.45. The number of ether oxygens (including phenoxy) is 4. The van der Waals surface area contributed by atoms with Crippen molar-refractivity contribution < 1.29 is 23.7 Å². The fourth-order valence-corrected chi connectivity index (χ4v) is 4.64. The number of hydrogen-bond donors (Lipinski definition) is 1. The molecular formula is C32H37N3O5. The first-order valence-electron chi connectivity index (χ1n) is 13.4. The first-order chi connectivity index (χ1) is 19.5. The molecule has 1 N–H and O–H groups in total. The molecule has 4 rings (SSSR count). The van der Waals surface area contributed by atoms with Gasteiger partial charge in [0.25, 0.3) is 5.91 Å². The van der Waals surface area contributed by atoms with Gasteiger partial charge in [0, 0.05) is 12.1 Å². The van der Waals surface area contributed by atoms with Crippen molar-refractivity contribution in [2.45, 2.75) is 39.3 Å². The van der Waals surface area contributed by atoms with E-state index in [2.05, 4.69) is 16.0 Å². The number of carbonyl (C=O) groups excluding carboxylic acids is 1. The second-order valence-electron chi connectivity index (χ2n) is 9.34. The minimum absolute atomic E-state index is 0.213. The summed E-state index contributed by atoms with van der Waals surface area (Å²) >= 11 is 0. The van der Waals surface area contributed by atoms with Gasteiger partial charge in [-0.25, -0.2) is 4.98 Å². The molecule has 1 unspecified atom stereocenters. The van der Waals surface area contributed by atoms with Gasteiger partial charge >= 0.3 is 0 Å². The Morgan fingerprint density at radius 1 is 0.925 bits per heavy atom. The Balaban J connectivity index is 1.42. The largest absolute Gasteiger partial charge is 0.493 e. The fourth-order valence-electron chi connectivity index (χ4n) is 4.64. The van der Waals surface area contributed by atoms with E-state index < -0.39 is 0 Å². The molecule has 8 nitrogen and oxygen atoms in total. The van der Waals surface area contributed by atoms with Gasteiger partial charge < -0.3 is 28.8 Å². The molecule has 40 heavy (non-hydrogen) atoms. The van der Waals surface area contributed by atoms with Gasteiger partial charge in [0.15, 0.2) is 23.0 Å². The lowest BCUT2D eigenvalue weighted by atomic mass is 10.1. The maximum Gasteiger partial charge on any atom is 0.251 e. The van der Waals surface area contributed by atoms with E-state index >= 15 is 0 Å². The molecular weight excluding hydrogens is 506 g/mol. The number of carbonyl (C=O) groups is 1. The molecule has 3 aromatic carbocycles. The van der Waals surface area contributed by atoms with Crippen molar-refractivity contribution in [2.75, 3.05) is 27.9 Å². The third kappa shape index (κ3) is 6.57. The van der Waals surface area contributed by atoms with Gasteiger partial charge in [-0.2, -0.15) is 0 Å². The number of hydrogen-bond acceptors (Lipinski definition) is 6. The summed E-state index contributed by atoms with van der Waals surface area (Å²) < 4.78 is 24.4. The molecule has 4 aromatic rings. The molecule has 0 aliphatic heterocycles. The first-order valence-corrected chi connectivity index (χ1v) is 13.4. The topological polar surface area (TPSA) is 83.8 Å². The lowest BCUT2D eigenvalue weighted by molar-refractivity contribution is 0.0937. The smallest absolute Gasteiger partial charge is 0.251 e. The number of allylic oxidation sites excluding steroid dienone is 1. The van der Waals surface area contributed by atoms with Crippen molar-refractivity contribution in [2.24, 2.45) is 0 Å². The van der Waals surface area contributed by atoms with Crippen LogP contribution in [0.5, 0.6) is 23.0 Å². The molecule has 0 radical (unpaired) electrons. The number of rotatable bonds is 13. The van der Waals surface area contributed by atoms with Crippen LogP contribution in [0.2, 0.25) is 0 Å². The molecule has 1 heterocycles. The van der Waals surface area contributed by atoms with E-state index in [1.54, 1.807) is 39.5 Å². The van der Waals surface area contributed by atoms with E-state index in [-0.39, 0.29) is 11.9 Å². The zero-order valence-electron chi connectivity index (χ0n) is 23.8. The summed E-state index contributed by atoms with van der Waals surface area (Å²) in [4.78, 5) is 18.0. The number of nitrogens with zero attached hydrogens (tertiary/aromatic N) is 2. The Kier molecular flexibility index (Phi) is 9.67. The number of imidazole rings is 1. The van der Waals surface area contributed by atoms with Gasteiger partial charge in [-0.05, 0) is 74.7 Å². The van der Waals surface area contributed by atoms with Crippen molar-refractivity contribution in [3.8, 4) is 23.0 Å². The van der Waals surface area contributed by atoms with Gasteiger partial charge in [0.1, 0.15) is 5.82 Å². The number of aromatic nitrogens is 2. The molecule has 0 aliphatic rings. The van der Waals surface area contributed by atoms with Crippen LogP contribution >= 0.6 is 0 Å². The number of methoxy groups -OCH3 is 3. The predicted molar refractivity (Wildman–Crippen MR) is 158 cm³/mol. The Labute approximate surface area is 235 Å². The average molecular weight is 544 g/mol. The van der Waals surface area contributed by atoms with E-state index in [1.807, 2.05) is 62.4 Å². The Morgan fingerprint density at radius 2 is 1.65 bits per heavy atom. The number of nitrogens with one attached hydrogen (secondary N) is 1. The average Bonchev–Trinajstić information content (AvgIpc) is 3.35. The Hall–Kier alpha value is -4.46. The maximum absolute atomic E-state index is 13.1. The van der Waals surface area contributed by atoms with Crippen LogP contribution in [0.1, 0.15) is 54.5 Å². The van der Waals surface area contributed by atoms with Crippen LogP contribution < -0.4 is 24.3 Å². The molecule has 0 bridgehead atoms. The van der Waals surface area contributed by atoms with E-state index in [4.69, 9.17) is 23.9 Å². The first kappa shape index (κ1) is 28.5. The Bertz CT molecular complexity index is 1480. The lowest BCUT2D eigenvalue weighted by Crippen LogP contribution is -2.28. The second-order valence-corrected chi connectivity index (χ2v) is 9.34. The van der Waals surface area contributed by atoms with Crippen molar-refractivity contribution in [3.63, 3.8) is 0 Å². The summed E-state index contributed by atoms with van der Waals surface area (Å²) in [6.07, 6.45) is 5.74. The van der Waals surface area contributed by atoms with Crippen molar-refractivity contribution in [1.29, 1.82) is 0 Å². The highest BCUT2D eigenvalue weighted by molar-refractivity contribution is 5.95. The van der Waals surface area contributed by atoms with E-state index in [9.17, 15) is 4.79 Å². The molecule has 0 aliphatic carbocycles. The normalized spacial score (nSPS) is 11.9. The summed E-state index contributed by atoms with van der Waals surface area (Å²) in [5.41, 5.74) is 3.48. The minimum atomic E-state index is -0.316. The zero-order valence-corrected chi connectivity index (χ0v) is 23.8. The summed E-state index contributed by atoms with van der Waals surface area (Å²) in [7, 11) is 4.76.